The maximum Gasteiger partial charge on any atom is 0.213 e. The zero-order chi connectivity index (χ0) is 12.3. The van der Waals surface area contributed by atoms with Crippen LogP contribution in [-0.4, -0.2) is 10.1 Å². The third-order valence-electron chi connectivity index (χ3n) is 2.40. The normalized spacial score (nSPS) is 12.6. The van der Waals surface area contributed by atoms with Crippen LogP contribution in [-0.2, 0) is 6.54 Å². The molecule has 1 heterocycles. The number of nitrogens with zero attached hydrogens (tertiary/aromatic N) is 2. The topological polar surface area (TPSA) is 51.0 Å². The van der Waals surface area contributed by atoms with E-state index in [1.54, 1.807) is 6.07 Å². The molecule has 1 aromatic carbocycles. The molecule has 1 N–H and O–H groups in total. The van der Waals surface area contributed by atoms with Crippen LogP contribution < -0.4 is 5.32 Å². The Labute approximate surface area is 103 Å². The number of benzene rings is 1. The standard InChI is InChI=1S/C11H11ClFN3O/c1-7(14-5-11-15-6-17-16-11)9-3-2-8(13)4-10(9)12/h2-4,6-7,14H,5H2,1H3. The molecule has 0 aliphatic heterocycles. The summed E-state index contributed by atoms with van der Waals surface area (Å²) in [5, 5.41) is 7.25. The van der Waals surface area contributed by atoms with Crippen molar-refractivity contribution >= 4 is 11.6 Å². The third-order valence-corrected chi connectivity index (χ3v) is 2.73. The summed E-state index contributed by atoms with van der Waals surface area (Å²) in [4.78, 5) is 3.89. The molecule has 0 amide bonds. The highest BCUT2D eigenvalue weighted by Crippen LogP contribution is 2.23. The van der Waals surface area contributed by atoms with E-state index in [0.29, 0.717) is 17.4 Å². The molecule has 2 rings (SSSR count). The summed E-state index contributed by atoms with van der Waals surface area (Å²) in [6.45, 7) is 2.39. The van der Waals surface area contributed by atoms with Crippen LogP contribution in [0.4, 0.5) is 4.39 Å². The van der Waals surface area contributed by atoms with Crippen LogP contribution in [0.5, 0.6) is 0 Å². The predicted octanol–water partition coefficient (Wildman–Crippen LogP) is 2.71. The highest BCUT2D eigenvalue weighted by Gasteiger charge is 2.10. The van der Waals surface area contributed by atoms with Crippen molar-refractivity contribution in [2.24, 2.45) is 0 Å². The lowest BCUT2D eigenvalue weighted by Gasteiger charge is -2.14. The molecule has 2 aromatic rings. The van der Waals surface area contributed by atoms with Gasteiger partial charge in [0.1, 0.15) is 5.82 Å². The number of halogens is 2. The Hall–Kier alpha value is -1.46. The Kier molecular flexibility index (Phi) is 3.71. The Bertz CT molecular complexity index is 489. The first-order valence-corrected chi connectivity index (χ1v) is 5.48. The minimum atomic E-state index is -0.343. The molecule has 1 aromatic heterocycles. The molecule has 1 atom stereocenters. The zero-order valence-electron chi connectivity index (χ0n) is 9.15. The van der Waals surface area contributed by atoms with Gasteiger partial charge in [-0.15, -0.1) is 0 Å². The van der Waals surface area contributed by atoms with E-state index in [4.69, 9.17) is 11.6 Å². The van der Waals surface area contributed by atoms with Gasteiger partial charge < -0.3 is 9.84 Å². The molecule has 0 spiro atoms. The van der Waals surface area contributed by atoms with E-state index in [1.165, 1.54) is 18.5 Å². The van der Waals surface area contributed by atoms with Crippen molar-refractivity contribution in [3.8, 4) is 0 Å². The smallest absolute Gasteiger partial charge is 0.213 e. The van der Waals surface area contributed by atoms with Gasteiger partial charge in [0, 0.05) is 11.1 Å². The minimum absolute atomic E-state index is 0.0263. The van der Waals surface area contributed by atoms with E-state index >= 15 is 0 Å². The highest BCUT2D eigenvalue weighted by molar-refractivity contribution is 6.31. The van der Waals surface area contributed by atoms with Crippen molar-refractivity contribution in [2.45, 2.75) is 19.5 Å². The molecular weight excluding hydrogens is 245 g/mol. The fraction of sp³-hybridized carbons (Fsp3) is 0.273. The minimum Gasteiger partial charge on any atom is -0.343 e. The van der Waals surface area contributed by atoms with Gasteiger partial charge in [-0.05, 0) is 24.6 Å². The lowest BCUT2D eigenvalue weighted by Crippen LogP contribution is -2.19. The van der Waals surface area contributed by atoms with Gasteiger partial charge in [0.15, 0.2) is 5.82 Å². The first-order valence-electron chi connectivity index (χ1n) is 5.10. The number of aromatic nitrogens is 2. The molecule has 17 heavy (non-hydrogen) atoms. The summed E-state index contributed by atoms with van der Waals surface area (Å²) in [5.41, 5.74) is 0.830. The van der Waals surface area contributed by atoms with E-state index in [1.807, 2.05) is 6.92 Å². The highest BCUT2D eigenvalue weighted by atomic mass is 35.5. The van der Waals surface area contributed by atoms with Crippen LogP contribution >= 0.6 is 11.6 Å². The summed E-state index contributed by atoms with van der Waals surface area (Å²) in [5.74, 6) is 0.221. The quantitative estimate of drug-likeness (QED) is 0.913. The molecule has 6 heteroatoms. The van der Waals surface area contributed by atoms with Crippen LogP contribution in [0.1, 0.15) is 24.4 Å². The summed E-state index contributed by atoms with van der Waals surface area (Å²) >= 11 is 5.96. The molecule has 0 bridgehead atoms. The summed E-state index contributed by atoms with van der Waals surface area (Å²) < 4.78 is 17.5. The van der Waals surface area contributed by atoms with E-state index in [9.17, 15) is 4.39 Å². The molecule has 0 fully saturated rings. The van der Waals surface area contributed by atoms with Crippen molar-refractivity contribution in [3.63, 3.8) is 0 Å². The van der Waals surface area contributed by atoms with Gasteiger partial charge in [-0.1, -0.05) is 22.8 Å². The van der Waals surface area contributed by atoms with Crippen molar-refractivity contribution in [2.75, 3.05) is 0 Å². The molecule has 0 radical (unpaired) electrons. The van der Waals surface area contributed by atoms with Gasteiger partial charge >= 0.3 is 0 Å². The maximum atomic E-state index is 12.9. The van der Waals surface area contributed by atoms with Gasteiger partial charge in [0.05, 0.1) is 6.54 Å². The summed E-state index contributed by atoms with van der Waals surface area (Å²) in [6.07, 6.45) is 1.27. The van der Waals surface area contributed by atoms with Gasteiger partial charge in [-0.25, -0.2) is 4.39 Å². The number of nitrogens with one attached hydrogen (secondary N) is 1. The molecule has 0 aliphatic rings. The van der Waals surface area contributed by atoms with Crippen LogP contribution in [0.2, 0.25) is 5.02 Å². The van der Waals surface area contributed by atoms with Gasteiger partial charge in [0.2, 0.25) is 6.39 Å². The maximum absolute atomic E-state index is 12.9. The molecular formula is C11H11ClFN3O. The van der Waals surface area contributed by atoms with Crippen molar-refractivity contribution in [1.82, 2.24) is 15.5 Å². The van der Waals surface area contributed by atoms with E-state index in [0.717, 1.165) is 5.56 Å². The molecule has 4 nitrogen and oxygen atoms in total. The second kappa shape index (κ2) is 5.25. The molecule has 0 aliphatic carbocycles. The van der Waals surface area contributed by atoms with Crippen molar-refractivity contribution in [1.29, 1.82) is 0 Å². The third kappa shape index (κ3) is 3.01. The van der Waals surface area contributed by atoms with Crippen LogP contribution in [0.3, 0.4) is 0 Å². The van der Waals surface area contributed by atoms with E-state index < -0.39 is 0 Å². The van der Waals surface area contributed by atoms with Gasteiger partial charge in [-0.3, -0.25) is 0 Å². The largest absolute Gasteiger partial charge is 0.343 e. The lowest BCUT2D eigenvalue weighted by molar-refractivity contribution is 0.405. The van der Waals surface area contributed by atoms with Crippen molar-refractivity contribution < 1.29 is 8.91 Å². The van der Waals surface area contributed by atoms with E-state index in [-0.39, 0.29) is 11.9 Å². The Morgan fingerprint density at radius 3 is 3.00 bits per heavy atom. The predicted molar refractivity (Wildman–Crippen MR) is 61.0 cm³/mol. The second-order valence-electron chi connectivity index (χ2n) is 3.62. The SMILES string of the molecule is CC(NCc1ncon1)c1ccc(F)cc1Cl. The fourth-order valence-electron chi connectivity index (χ4n) is 1.48. The zero-order valence-corrected chi connectivity index (χ0v) is 9.91. The second-order valence-corrected chi connectivity index (χ2v) is 4.02. The van der Waals surface area contributed by atoms with Gasteiger partial charge in [0.25, 0.3) is 0 Å². The fourth-order valence-corrected chi connectivity index (χ4v) is 1.81. The Morgan fingerprint density at radius 1 is 1.53 bits per heavy atom. The monoisotopic (exact) mass is 255 g/mol. The average Bonchev–Trinajstić information content (AvgIpc) is 2.78. The number of rotatable bonds is 4. The molecule has 90 valence electrons. The average molecular weight is 256 g/mol. The van der Waals surface area contributed by atoms with Gasteiger partial charge in [-0.2, -0.15) is 4.98 Å². The van der Waals surface area contributed by atoms with E-state index in [2.05, 4.69) is 20.0 Å². The van der Waals surface area contributed by atoms with Crippen molar-refractivity contribution in [3.05, 3.63) is 46.8 Å². The summed E-state index contributed by atoms with van der Waals surface area (Å²) in [6, 6.07) is 4.31. The first kappa shape index (κ1) is 12.0. The van der Waals surface area contributed by atoms with Crippen LogP contribution in [0.15, 0.2) is 29.1 Å². The summed E-state index contributed by atoms with van der Waals surface area (Å²) in [7, 11) is 0. The van der Waals surface area contributed by atoms with Crippen LogP contribution in [0, 0.1) is 5.82 Å². The van der Waals surface area contributed by atoms with Crippen LogP contribution in [0.25, 0.3) is 0 Å². The Morgan fingerprint density at radius 2 is 2.35 bits per heavy atom. The lowest BCUT2D eigenvalue weighted by atomic mass is 10.1. The molecule has 0 saturated heterocycles. The molecule has 1 unspecified atom stereocenters. The molecule has 0 saturated carbocycles. The number of hydrogen-bond acceptors (Lipinski definition) is 4. The number of hydrogen-bond donors (Lipinski definition) is 1. The first-order chi connectivity index (χ1) is 8.16. The Balaban J connectivity index is 2.01.